The number of hydrogen-bond acceptors (Lipinski definition) is 5. The van der Waals surface area contributed by atoms with Crippen molar-refractivity contribution in [2.24, 2.45) is 17.3 Å². The lowest BCUT2D eigenvalue weighted by Gasteiger charge is -2.43. The monoisotopic (exact) mass is 421 g/mol. The van der Waals surface area contributed by atoms with E-state index in [1.54, 1.807) is 0 Å². The van der Waals surface area contributed by atoms with E-state index >= 15 is 0 Å². The predicted molar refractivity (Wildman–Crippen MR) is 110 cm³/mol. The number of urea groups is 1. The maximum Gasteiger partial charge on any atom is 0.326 e. The second-order valence-corrected chi connectivity index (χ2v) is 10.4. The Morgan fingerprint density at radius 1 is 1.10 bits per heavy atom. The van der Waals surface area contributed by atoms with Gasteiger partial charge in [0.1, 0.15) is 12.1 Å². The molecule has 4 amide bonds. The Hall–Kier alpha value is -2.12. The zero-order valence-corrected chi connectivity index (χ0v) is 18.6. The Kier molecular flexibility index (Phi) is 6.43. The topological polar surface area (TPSA) is 105 Å². The fourth-order valence-corrected chi connectivity index (χ4v) is 5.64. The molecule has 1 aliphatic heterocycles. The number of ether oxygens (including phenoxy) is 1. The molecule has 8 heteroatoms. The number of nitrogens with zero attached hydrogens (tertiary/aromatic N) is 1. The number of amides is 4. The van der Waals surface area contributed by atoms with Gasteiger partial charge < -0.3 is 15.4 Å². The van der Waals surface area contributed by atoms with Crippen molar-refractivity contribution in [3.8, 4) is 0 Å². The average molecular weight is 422 g/mol. The van der Waals surface area contributed by atoms with E-state index in [9.17, 15) is 19.2 Å². The number of imide groups is 1. The summed E-state index contributed by atoms with van der Waals surface area (Å²) in [5, 5.41) is 5.72. The molecule has 30 heavy (non-hydrogen) atoms. The summed E-state index contributed by atoms with van der Waals surface area (Å²) in [6.45, 7) is 7.58. The molecule has 3 rings (SSSR count). The van der Waals surface area contributed by atoms with Gasteiger partial charge in [0.25, 0.3) is 11.8 Å². The molecule has 0 unspecified atom stereocenters. The molecule has 1 heterocycles. The van der Waals surface area contributed by atoms with Gasteiger partial charge in [-0.3, -0.25) is 19.3 Å². The van der Waals surface area contributed by atoms with Crippen LogP contribution in [0.5, 0.6) is 0 Å². The summed E-state index contributed by atoms with van der Waals surface area (Å²) >= 11 is 0. The number of carbonyl (C=O) groups is 4. The number of rotatable bonds is 5. The van der Waals surface area contributed by atoms with Crippen molar-refractivity contribution in [1.82, 2.24) is 15.5 Å². The van der Waals surface area contributed by atoms with Gasteiger partial charge in [-0.25, -0.2) is 4.79 Å². The molecule has 2 atom stereocenters. The van der Waals surface area contributed by atoms with Crippen LogP contribution in [-0.2, 0) is 19.1 Å². The van der Waals surface area contributed by atoms with Crippen molar-refractivity contribution in [3.05, 3.63) is 0 Å². The number of esters is 1. The van der Waals surface area contributed by atoms with Gasteiger partial charge in [0.15, 0.2) is 6.61 Å². The molecular formula is C22H35N3O5. The van der Waals surface area contributed by atoms with Crippen molar-refractivity contribution >= 4 is 23.8 Å². The van der Waals surface area contributed by atoms with Gasteiger partial charge >= 0.3 is 12.0 Å². The molecule has 0 aromatic rings. The lowest BCUT2D eigenvalue weighted by atomic mass is 9.64. The highest BCUT2D eigenvalue weighted by molar-refractivity contribution is 6.08. The van der Waals surface area contributed by atoms with Gasteiger partial charge in [0.2, 0.25) is 0 Å². The zero-order valence-electron chi connectivity index (χ0n) is 18.6. The summed E-state index contributed by atoms with van der Waals surface area (Å²) in [4.78, 5) is 50.7. The lowest BCUT2D eigenvalue weighted by molar-refractivity contribution is -0.151. The van der Waals surface area contributed by atoms with Crippen molar-refractivity contribution in [2.75, 3.05) is 13.2 Å². The van der Waals surface area contributed by atoms with Crippen molar-refractivity contribution in [2.45, 2.75) is 84.2 Å². The van der Waals surface area contributed by atoms with Crippen LogP contribution < -0.4 is 10.6 Å². The Morgan fingerprint density at radius 3 is 2.40 bits per heavy atom. The molecule has 0 aromatic heterocycles. The van der Waals surface area contributed by atoms with E-state index in [0.717, 1.165) is 37.0 Å². The van der Waals surface area contributed by atoms with Crippen LogP contribution in [0.15, 0.2) is 0 Å². The maximum atomic E-state index is 13.0. The molecule has 2 aliphatic carbocycles. The van der Waals surface area contributed by atoms with Gasteiger partial charge in [0, 0.05) is 6.04 Å². The Morgan fingerprint density at radius 2 is 1.77 bits per heavy atom. The van der Waals surface area contributed by atoms with E-state index in [4.69, 9.17) is 4.74 Å². The highest BCUT2D eigenvalue weighted by Crippen LogP contribution is 2.46. The molecule has 0 radical (unpaired) electrons. The fraction of sp³-hybridized carbons (Fsp3) is 0.818. The third-order valence-electron chi connectivity index (χ3n) is 6.66. The molecule has 3 fully saturated rings. The second-order valence-electron chi connectivity index (χ2n) is 10.4. The molecule has 2 saturated carbocycles. The molecule has 1 saturated heterocycles. The fourth-order valence-electron chi connectivity index (χ4n) is 5.64. The highest BCUT2D eigenvalue weighted by Gasteiger charge is 2.56. The smallest absolute Gasteiger partial charge is 0.326 e. The second kappa shape index (κ2) is 8.55. The van der Waals surface area contributed by atoms with Crippen LogP contribution >= 0.6 is 0 Å². The normalized spacial score (nSPS) is 33.3. The van der Waals surface area contributed by atoms with Gasteiger partial charge in [-0.1, -0.05) is 27.7 Å². The van der Waals surface area contributed by atoms with E-state index in [1.807, 2.05) is 0 Å². The van der Waals surface area contributed by atoms with E-state index in [1.165, 1.54) is 0 Å². The van der Waals surface area contributed by atoms with Crippen LogP contribution in [0, 0.1) is 17.3 Å². The van der Waals surface area contributed by atoms with Gasteiger partial charge in [-0.05, 0) is 62.2 Å². The first-order chi connectivity index (χ1) is 14.0. The van der Waals surface area contributed by atoms with Crippen LogP contribution in [0.25, 0.3) is 0 Å². The van der Waals surface area contributed by atoms with E-state index in [-0.39, 0.29) is 29.2 Å². The van der Waals surface area contributed by atoms with Gasteiger partial charge in [-0.2, -0.15) is 0 Å². The first-order valence-corrected chi connectivity index (χ1v) is 11.1. The summed E-state index contributed by atoms with van der Waals surface area (Å²) in [5.74, 6) is -0.507. The first kappa shape index (κ1) is 22.6. The molecule has 8 nitrogen and oxygen atoms in total. The minimum Gasteiger partial charge on any atom is -0.454 e. The summed E-state index contributed by atoms with van der Waals surface area (Å²) in [6, 6.07) is -0.447. The van der Waals surface area contributed by atoms with E-state index in [2.05, 4.69) is 38.3 Å². The van der Waals surface area contributed by atoms with Crippen LogP contribution in [-0.4, -0.2) is 53.4 Å². The van der Waals surface area contributed by atoms with Crippen LogP contribution in [0.1, 0.15) is 72.6 Å². The molecule has 2 N–H and O–H groups in total. The number of hydrogen-bond donors (Lipinski definition) is 2. The summed E-state index contributed by atoms with van der Waals surface area (Å²) in [7, 11) is 0. The van der Waals surface area contributed by atoms with E-state index < -0.39 is 30.7 Å². The Balaban J connectivity index is 1.50. The number of nitrogens with one attached hydrogen (secondary N) is 2. The molecule has 0 aromatic carbocycles. The number of carbonyl (C=O) groups excluding carboxylic acids is 4. The summed E-state index contributed by atoms with van der Waals surface area (Å²) in [6.07, 6.45) is 6.11. The minimum atomic E-state index is -0.950. The average Bonchev–Trinajstić information content (AvgIpc) is 2.83. The van der Waals surface area contributed by atoms with Crippen molar-refractivity contribution in [1.29, 1.82) is 0 Å². The molecule has 168 valence electrons. The first-order valence-electron chi connectivity index (χ1n) is 11.1. The quantitative estimate of drug-likeness (QED) is 0.524. The SMILES string of the molecule is CC1CCC(NC(=O)COC(=O)CN2C(=O)N[C@]3(C[C@@H](C)CC(C)(C)C3)C2=O)CC1. The van der Waals surface area contributed by atoms with Crippen molar-refractivity contribution in [3.63, 3.8) is 0 Å². The summed E-state index contributed by atoms with van der Waals surface area (Å²) < 4.78 is 5.04. The van der Waals surface area contributed by atoms with Crippen LogP contribution in [0.2, 0.25) is 0 Å². The highest BCUT2D eigenvalue weighted by atomic mass is 16.5. The molecule has 0 bridgehead atoms. The maximum absolute atomic E-state index is 13.0. The van der Waals surface area contributed by atoms with E-state index in [0.29, 0.717) is 18.8 Å². The zero-order chi connectivity index (χ0) is 22.1. The van der Waals surface area contributed by atoms with Crippen LogP contribution in [0.3, 0.4) is 0 Å². The molecule has 3 aliphatic rings. The third-order valence-corrected chi connectivity index (χ3v) is 6.66. The lowest BCUT2D eigenvalue weighted by Crippen LogP contribution is -2.54. The summed E-state index contributed by atoms with van der Waals surface area (Å²) in [5.41, 5.74) is -1.03. The third kappa shape index (κ3) is 5.13. The van der Waals surface area contributed by atoms with Gasteiger partial charge in [0.05, 0.1) is 0 Å². The predicted octanol–water partition coefficient (Wildman–Crippen LogP) is 2.36. The van der Waals surface area contributed by atoms with Crippen LogP contribution in [0.4, 0.5) is 4.79 Å². The standard InChI is InChI=1S/C22H35N3O5/c1-14-5-7-16(8-6-14)23-17(26)12-30-18(27)11-25-19(28)22(24-20(25)29)10-15(2)9-21(3,4)13-22/h14-16H,5-13H2,1-4H3,(H,23,26)(H,24,29)/t14?,15-,16?,22-/m0/s1. The Bertz CT molecular complexity index is 714. The molecule has 1 spiro atoms. The van der Waals surface area contributed by atoms with Crippen molar-refractivity contribution < 1.29 is 23.9 Å². The minimum absolute atomic E-state index is 0.0773. The Labute approximate surface area is 178 Å². The van der Waals surface area contributed by atoms with Gasteiger partial charge in [-0.15, -0.1) is 0 Å². The largest absolute Gasteiger partial charge is 0.454 e. The molecular weight excluding hydrogens is 386 g/mol.